The average molecular weight is 244 g/mol. The zero-order chi connectivity index (χ0) is 13.1. The molecule has 6 heteroatoms. The molecule has 1 aliphatic rings. The number of aliphatic carboxylic acids is 1. The van der Waals surface area contributed by atoms with Gasteiger partial charge in [-0.2, -0.15) is 0 Å². The normalized spacial score (nSPS) is 21.1. The van der Waals surface area contributed by atoms with E-state index < -0.39 is 11.6 Å². The van der Waals surface area contributed by atoms with Crippen molar-refractivity contribution in [3.63, 3.8) is 0 Å². The van der Waals surface area contributed by atoms with Crippen molar-refractivity contribution >= 4 is 11.9 Å². The zero-order valence-corrected chi connectivity index (χ0v) is 10.0. The summed E-state index contributed by atoms with van der Waals surface area (Å²) in [4.78, 5) is 22.2. The molecule has 0 aromatic heterocycles. The second-order valence-corrected chi connectivity index (χ2v) is 5.09. The van der Waals surface area contributed by atoms with E-state index in [0.717, 1.165) is 26.2 Å². The fourth-order valence-corrected chi connectivity index (χ4v) is 1.88. The van der Waals surface area contributed by atoms with E-state index >= 15 is 0 Å². The molecule has 1 fully saturated rings. The summed E-state index contributed by atoms with van der Waals surface area (Å²) in [5.74, 6) is -1.60. The first-order valence-corrected chi connectivity index (χ1v) is 5.74. The lowest BCUT2D eigenvalue weighted by atomic mass is 9.66. The molecule has 17 heavy (non-hydrogen) atoms. The van der Waals surface area contributed by atoms with E-state index in [0.29, 0.717) is 13.0 Å². The number of hydrogen-bond acceptors (Lipinski definition) is 4. The number of hydrogen-bond donors (Lipinski definition) is 4. The number of carboxylic acid groups (broad SMARTS) is 1. The van der Waals surface area contributed by atoms with Gasteiger partial charge in [-0.3, -0.25) is 4.79 Å². The second kappa shape index (κ2) is 5.01. The number of nitrogens with two attached hydrogens (primary N) is 1. The zero-order valence-electron chi connectivity index (χ0n) is 10.0. The molecule has 0 aromatic carbocycles. The van der Waals surface area contributed by atoms with Crippen LogP contribution in [0.1, 0.15) is 32.6 Å². The monoisotopic (exact) mass is 244 g/mol. The topological polar surface area (TPSA) is 113 Å². The van der Waals surface area contributed by atoms with Crippen molar-refractivity contribution in [1.29, 1.82) is 0 Å². The summed E-state index contributed by atoms with van der Waals surface area (Å²) in [6.07, 6.45) is 3.26. The molecule has 0 saturated heterocycles. The van der Waals surface area contributed by atoms with Gasteiger partial charge in [-0.05, 0) is 31.7 Å². The molecular formula is C11H20N2O4. The fourth-order valence-electron chi connectivity index (χ4n) is 1.88. The average Bonchev–Trinajstić information content (AvgIpc) is 2.20. The quantitative estimate of drug-likeness (QED) is 0.501. The van der Waals surface area contributed by atoms with Crippen LogP contribution in [0.15, 0.2) is 0 Å². The van der Waals surface area contributed by atoms with E-state index in [1.54, 1.807) is 0 Å². The third-order valence-electron chi connectivity index (χ3n) is 3.47. The van der Waals surface area contributed by atoms with Gasteiger partial charge in [0.2, 0.25) is 5.91 Å². The molecule has 1 saturated carbocycles. The van der Waals surface area contributed by atoms with Crippen LogP contribution >= 0.6 is 0 Å². The Bertz CT molecular complexity index is 305. The van der Waals surface area contributed by atoms with E-state index in [-0.39, 0.29) is 17.9 Å². The maximum Gasteiger partial charge on any atom is 0.337 e. The van der Waals surface area contributed by atoms with Crippen LogP contribution in [0.4, 0.5) is 0 Å². The molecule has 98 valence electrons. The lowest BCUT2D eigenvalue weighted by molar-refractivity contribution is -0.156. The summed E-state index contributed by atoms with van der Waals surface area (Å²) in [6, 6.07) is 0. The largest absolute Gasteiger partial charge is 0.479 e. The maximum atomic E-state index is 11.6. The Morgan fingerprint density at radius 2 is 2.06 bits per heavy atom. The highest BCUT2D eigenvalue weighted by molar-refractivity contribution is 5.80. The predicted molar refractivity (Wildman–Crippen MR) is 61.2 cm³/mol. The Kier molecular flexibility index (Phi) is 4.11. The van der Waals surface area contributed by atoms with Gasteiger partial charge >= 0.3 is 5.97 Å². The molecule has 1 amide bonds. The number of rotatable bonds is 6. The third-order valence-corrected chi connectivity index (χ3v) is 3.47. The standard InChI is InChI=1S/C11H20N2O4/c1-10(17,9(15)16)7-13-8(14)5-11(6-12)3-2-4-11/h17H,2-7,12H2,1H3,(H,13,14)(H,15,16). The third kappa shape index (κ3) is 3.41. The van der Waals surface area contributed by atoms with Gasteiger partial charge in [0.1, 0.15) is 0 Å². The van der Waals surface area contributed by atoms with E-state index in [1.165, 1.54) is 0 Å². The minimum Gasteiger partial charge on any atom is -0.479 e. The Labute approximate surface area is 100 Å². The van der Waals surface area contributed by atoms with Crippen LogP contribution < -0.4 is 11.1 Å². The van der Waals surface area contributed by atoms with Crippen molar-refractivity contribution in [1.82, 2.24) is 5.32 Å². The molecule has 0 radical (unpaired) electrons. The number of nitrogens with one attached hydrogen (secondary N) is 1. The van der Waals surface area contributed by atoms with Gasteiger partial charge in [0.05, 0.1) is 6.54 Å². The van der Waals surface area contributed by atoms with Gasteiger partial charge in [-0.1, -0.05) is 6.42 Å². The molecule has 1 rings (SSSR count). The van der Waals surface area contributed by atoms with Crippen LogP contribution in [-0.4, -0.2) is 40.8 Å². The van der Waals surface area contributed by atoms with Crippen molar-refractivity contribution in [2.75, 3.05) is 13.1 Å². The molecule has 0 bridgehead atoms. The molecule has 0 aromatic rings. The van der Waals surface area contributed by atoms with Crippen LogP contribution in [0.25, 0.3) is 0 Å². The van der Waals surface area contributed by atoms with Crippen LogP contribution in [-0.2, 0) is 9.59 Å². The molecule has 0 heterocycles. The second-order valence-electron chi connectivity index (χ2n) is 5.09. The molecule has 1 aliphatic carbocycles. The highest BCUT2D eigenvalue weighted by Crippen LogP contribution is 2.42. The first kappa shape index (κ1) is 13.9. The van der Waals surface area contributed by atoms with E-state index in [9.17, 15) is 14.7 Å². The number of carboxylic acids is 1. The minimum atomic E-state index is -1.93. The molecule has 1 unspecified atom stereocenters. The number of carbonyl (C=O) groups excluding carboxylic acids is 1. The summed E-state index contributed by atoms with van der Waals surface area (Å²) in [5.41, 5.74) is 3.59. The van der Waals surface area contributed by atoms with Crippen LogP contribution in [0.2, 0.25) is 0 Å². The predicted octanol–water partition coefficient (Wildman–Crippen LogP) is -0.543. The van der Waals surface area contributed by atoms with Gasteiger partial charge in [-0.25, -0.2) is 4.79 Å². The number of carbonyl (C=O) groups is 2. The molecular weight excluding hydrogens is 224 g/mol. The summed E-state index contributed by atoms with van der Waals surface area (Å²) >= 11 is 0. The van der Waals surface area contributed by atoms with Crippen LogP contribution in [0, 0.1) is 5.41 Å². The minimum absolute atomic E-state index is 0.112. The first-order valence-electron chi connectivity index (χ1n) is 5.74. The Hall–Kier alpha value is -1.14. The van der Waals surface area contributed by atoms with Gasteiger partial charge in [0, 0.05) is 6.42 Å². The van der Waals surface area contributed by atoms with E-state index in [1.807, 2.05) is 0 Å². The van der Waals surface area contributed by atoms with Crippen molar-refractivity contribution in [3.05, 3.63) is 0 Å². The lowest BCUT2D eigenvalue weighted by Gasteiger charge is -2.40. The van der Waals surface area contributed by atoms with Gasteiger partial charge in [-0.15, -0.1) is 0 Å². The molecule has 1 atom stereocenters. The number of aliphatic hydroxyl groups is 1. The highest BCUT2D eigenvalue weighted by atomic mass is 16.4. The van der Waals surface area contributed by atoms with Crippen LogP contribution in [0.5, 0.6) is 0 Å². The highest BCUT2D eigenvalue weighted by Gasteiger charge is 2.38. The van der Waals surface area contributed by atoms with Crippen molar-refractivity contribution < 1.29 is 19.8 Å². The SMILES string of the molecule is CC(O)(CNC(=O)CC1(CN)CCC1)C(=O)O. The Morgan fingerprint density at radius 3 is 2.41 bits per heavy atom. The smallest absolute Gasteiger partial charge is 0.337 e. The lowest BCUT2D eigenvalue weighted by Crippen LogP contribution is -2.48. The van der Waals surface area contributed by atoms with Gasteiger partial charge < -0.3 is 21.3 Å². The number of amides is 1. The Morgan fingerprint density at radius 1 is 1.47 bits per heavy atom. The maximum absolute atomic E-state index is 11.6. The van der Waals surface area contributed by atoms with Crippen molar-refractivity contribution in [3.8, 4) is 0 Å². The summed E-state index contributed by atoms with van der Waals surface area (Å²) in [6.45, 7) is 1.33. The summed E-state index contributed by atoms with van der Waals surface area (Å²) < 4.78 is 0. The van der Waals surface area contributed by atoms with Gasteiger partial charge in [0.15, 0.2) is 5.60 Å². The molecule has 0 spiro atoms. The summed E-state index contributed by atoms with van der Waals surface area (Å²) in [5, 5.41) is 20.5. The van der Waals surface area contributed by atoms with Crippen molar-refractivity contribution in [2.24, 2.45) is 11.1 Å². The fraction of sp³-hybridized carbons (Fsp3) is 0.818. The first-order chi connectivity index (χ1) is 7.81. The van der Waals surface area contributed by atoms with E-state index in [2.05, 4.69) is 5.32 Å². The molecule has 6 nitrogen and oxygen atoms in total. The van der Waals surface area contributed by atoms with E-state index in [4.69, 9.17) is 10.8 Å². The Balaban J connectivity index is 2.38. The summed E-state index contributed by atoms with van der Waals surface area (Å²) in [7, 11) is 0. The van der Waals surface area contributed by atoms with Gasteiger partial charge in [0.25, 0.3) is 0 Å². The molecule has 5 N–H and O–H groups in total. The van der Waals surface area contributed by atoms with Crippen LogP contribution in [0.3, 0.4) is 0 Å². The van der Waals surface area contributed by atoms with Crippen molar-refractivity contribution in [2.45, 2.75) is 38.2 Å². The molecule has 0 aliphatic heterocycles.